The van der Waals surface area contributed by atoms with Gasteiger partial charge in [-0.25, -0.2) is 4.39 Å². The zero-order valence-corrected chi connectivity index (χ0v) is 15.8. The molecule has 4 heteroatoms. The van der Waals surface area contributed by atoms with Crippen LogP contribution >= 0.6 is 0 Å². The summed E-state index contributed by atoms with van der Waals surface area (Å²) in [5, 5.41) is 0. The maximum atomic E-state index is 14.1. The molecule has 3 aliphatic rings. The molecule has 0 spiro atoms. The molecule has 140 valence electrons. The number of carbonyl (C=O) groups is 2. The van der Waals surface area contributed by atoms with E-state index in [0.717, 1.165) is 17.0 Å². The lowest BCUT2D eigenvalue weighted by Crippen LogP contribution is -2.37. The van der Waals surface area contributed by atoms with Gasteiger partial charge in [0.25, 0.3) is 0 Å². The Bertz CT molecular complexity index is 1110. The molecule has 0 saturated heterocycles. The molecule has 0 N–H and O–H groups in total. The number of fused-ring (bicyclic) bond motifs is 3. The van der Waals surface area contributed by atoms with Gasteiger partial charge in [0.1, 0.15) is 5.82 Å². The van der Waals surface area contributed by atoms with Crippen molar-refractivity contribution in [3.05, 3.63) is 82.3 Å². The summed E-state index contributed by atoms with van der Waals surface area (Å²) in [4.78, 5) is 31.3. The van der Waals surface area contributed by atoms with Crippen LogP contribution in [-0.2, 0) is 4.79 Å². The van der Waals surface area contributed by atoms with Crippen molar-refractivity contribution in [1.82, 2.24) is 0 Å². The molecule has 0 unspecified atom stereocenters. The Morgan fingerprint density at radius 2 is 1.71 bits per heavy atom. The third-order valence-corrected chi connectivity index (χ3v) is 6.05. The highest BCUT2D eigenvalue weighted by atomic mass is 19.1. The summed E-state index contributed by atoms with van der Waals surface area (Å²) in [6.07, 6.45) is 1.09. The Hall–Kier alpha value is -2.88. The van der Waals surface area contributed by atoms with E-state index in [2.05, 4.69) is 13.8 Å². The van der Waals surface area contributed by atoms with Crippen molar-refractivity contribution in [3.63, 3.8) is 0 Å². The van der Waals surface area contributed by atoms with Crippen LogP contribution in [0.4, 0.5) is 4.39 Å². The van der Waals surface area contributed by atoms with Gasteiger partial charge in [0.15, 0.2) is 11.6 Å². The molecule has 0 radical (unpaired) electrons. The predicted molar refractivity (Wildman–Crippen MR) is 105 cm³/mol. The van der Waals surface area contributed by atoms with E-state index in [0.29, 0.717) is 29.5 Å². The van der Waals surface area contributed by atoms with Gasteiger partial charge in [-0.05, 0) is 29.5 Å². The lowest BCUT2D eigenvalue weighted by Gasteiger charge is -2.38. The number of nitrogens with zero attached hydrogens (tertiary/aromatic N) is 1. The van der Waals surface area contributed by atoms with Crippen LogP contribution in [0.15, 0.2) is 64.8 Å². The van der Waals surface area contributed by atoms with Gasteiger partial charge >= 0.3 is 0 Å². The maximum Gasteiger partial charge on any atom is 0.173 e. The van der Waals surface area contributed by atoms with Crippen LogP contribution in [0.1, 0.15) is 54.1 Å². The smallest absolute Gasteiger partial charge is 0.173 e. The molecular formula is C24H20FNO2. The third kappa shape index (κ3) is 2.44. The summed E-state index contributed by atoms with van der Waals surface area (Å²) in [5.74, 6) is -1.43. The Morgan fingerprint density at radius 1 is 0.964 bits per heavy atom. The van der Waals surface area contributed by atoms with E-state index < -0.39 is 11.8 Å². The molecule has 2 aromatic carbocycles. The quantitative estimate of drug-likeness (QED) is 0.716. The number of ketones is 2. The van der Waals surface area contributed by atoms with Crippen molar-refractivity contribution in [2.24, 2.45) is 16.3 Å². The number of benzene rings is 2. The third-order valence-electron chi connectivity index (χ3n) is 6.05. The standard InChI is InChI=1S/C24H20FNO2/c1-24(2)11-17-20(18(27)12-24)19(13-6-5-7-14(25)10-13)21-22(26-17)15-8-3-4-9-16(15)23(21)28/h3-10,19,21H,11-12H2,1-2H3/t19-,21-/m1/s1. The largest absolute Gasteiger partial charge is 0.294 e. The number of allylic oxidation sites excluding steroid dienone is 2. The number of halogens is 1. The summed E-state index contributed by atoms with van der Waals surface area (Å²) in [5.41, 5.74) is 4.03. The first-order valence-electron chi connectivity index (χ1n) is 9.60. The van der Waals surface area contributed by atoms with Gasteiger partial charge in [-0.15, -0.1) is 0 Å². The fourth-order valence-corrected chi connectivity index (χ4v) is 4.95. The van der Waals surface area contributed by atoms with Crippen molar-refractivity contribution >= 4 is 17.3 Å². The average Bonchev–Trinajstić information content (AvgIpc) is 2.92. The topological polar surface area (TPSA) is 46.5 Å². The molecular weight excluding hydrogens is 353 g/mol. The summed E-state index contributed by atoms with van der Waals surface area (Å²) >= 11 is 0. The summed E-state index contributed by atoms with van der Waals surface area (Å²) in [7, 11) is 0. The molecule has 0 bridgehead atoms. The van der Waals surface area contributed by atoms with Crippen molar-refractivity contribution in [1.29, 1.82) is 0 Å². The molecule has 2 aromatic rings. The van der Waals surface area contributed by atoms with Crippen LogP contribution in [0.2, 0.25) is 0 Å². The highest BCUT2D eigenvalue weighted by Gasteiger charge is 2.50. The number of Topliss-reactive ketones (excluding diaryl/α,β-unsaturated/α-hetero) is 2. The molecule has 0 aromatic heterocycles. The maximum absolute atomic E-state index is 14.1. The number of carbonyl (C=O) groups excluding carboxylic acids is 2. The first-order valence-corrected chi connectivity index (χ1v) is 9.60. The van der Waals surface area contributed by atoms with Gasteiger partial charge in [0.05, 0.1) is 11.6 Å². The minimum Gasteiger partial charge on any atom is -0.294 e. The lowest BCUT2D eigenvalue weighted by atomic mass is 9.66. The Labute approximate surface area is 163 Å². The SMILES string of the molecule is CC1(C)CC(=O)C2=C(C1)N=C1c3ccccc3C(=O)[C@@H]1[C@@H]2c1cccc(F)c1. The zero-order chi connectivity index (χ0) is 19.6. The van der Waals surface area contributed by atoms with Gasteiger partial charge in [0.2, 0.25) is 0 Å². The van der Waals surface area contributed by atoms with Gasteiger partial charge in [0, 0.05) is 34.7 Å². The second-order valence-electron chi connectivity index (χ2n) is 8.72. The van der Waals surface area contributed by atoms with Gasteiger partial charge in [-0.2, -0.15) is 0 Å². The van der Waals surface area contributed by atoms with Crippen LogP contribution in [0.5, 0.6) is 0 Å². The average molecular weight is 373 g/mol. The number of hydrogen-bond donors (Lipinski definition) is 0. The minimum atomic E-state index is -0.567. The molecule has 1 aliphatic heterocycles. The van der Waals surface area contributed by atoms with Crippen LogP contribution in [0.3, 0.4) is 0 Å². The van der Waals surface area contributed by atoms with Gasteiger partial charge < -0.3 is 0 Å². The molecule has 1 heterocycles. The predicted octanol–water partition coefficient (Wildman–Crippen LogP) is 4.87. The van der Waals surface area contributed by atoms with E-state index in [9.17, 15) is 14.0 Å². The van der Waals surface area contributed by atoms with E-state index in [-0.39, 0.29) is 22.8 Å². The van der Waals surface area contributed by atoms with E-state index in [4.69, 9.17) is 4.99 Å². The summed E-state index contributed by atoms with van der Waals surface area (Å²) < 4.78 is 14.1. The molecule has 2 atom stereocenters. The van der Waals surface area contributed by atoms with Crippen LogP contribution < -0.4 is 0 Å². The minimum absolute atomic E-state index is 0.0204. The fraction of sp³-hybridized carbons (Fsp3) is 0.292. The molecule has 0 saturated carbocycles. The molecule has 5 rings (SSSR count). The van der Waals surface area contributed by atoms with Gasteiger partial charge in [-0.1, -0.05) is 50.2 Å². The Balaban J connectivity index is 1.78. The van der Waals surface area contributed by atoms with E-state index in [1.165, 1.54) is 12.1 Å². The van der Waals surface area contributed by atoms with Crippen LogP contribution in [-0.4, -0.2) is 17.3 Å². The molecule has 28 heavy (non-hydrogen) atoms. The van der Waals surface area contributed by atoms with Crippen molar-refractivity contribution < 1.29 is 14.0 Å². The van der Waals surface area contributed by atoms with E-state index >= 15 is 0 Å². The van der Waals surface area contributed by atoms with E-state index in [1.54, 1.807) is 6.07 Å². The molecule has 0 fully saturated rings. The Morgan fingerprint density at radius 3 is 2.46 bits per heavy atom. The first-order chi connectivity index (χ1) is 13.4. The zero-order valence-electron chi connectivity index (χ0n) is 15.8. The normalized spacial score (nSPS) is 25.2. The second-order valence-corrected chi connectivity index (χ2v) is 8.72. The fourth-order valence-electron chi connectivity index (χ4n) is 4.95. The second kappa shape index (κ2) is 5.81. The highest BCUT2D eigenvalue weighted by Crippen LogP contribution is 2.51. The van der Waals surface area contributed by atoms with E-state index in [1.807, 2.05) is 30.3 Å². The van der Waals surface area contributed by atoms with Gasteiger partial charge in [-0.3, -0.25) is 14.6 Å². The van der Waals surface area contributed by atoms with Crippen LogP contribution in [0, 0.1) is 17.2 Å². The number of rotatable bonds is 1. The number of hydrogen-bond acceptors (Lipinski definition) is 3. The van der Waals surface area contributed by atoms with Crippen molar-refractivity contribution in [2.75, 3.05) is 0 Å². The molecule has 2 aliphatic carbocycles. The molecule has 3 nitrogen and oxygen atoms in total. The number of aliphatic imine (C=N–C) groups is 1. The summed E-state index contributed by atoms with van der Waals surface area (Å²) in [6, 6.07) is 13.7. The highest BCUT2D eigenvalue weighted by molar-refractivity contribution is 6.30. The Kier molecular flexibility index (Phi) is 3.57. The first kappa shape index (κ1) is 17.2. The van der Waals surface area contributed by atoms with Crippen molar-refractivity contribution in [2.45, 2.75) is 32.6 Å². The molecule has 0 amide bonds. The van der Waals surface area contributed by atoms with Crippen LogP contribution in [0.25, 0.3) is 0 Å². The van der Waals surface area contributed by atoms with Crippen molar-refractivity contribution in [3.8, 4) is 0 Å². The summed E-state index contributed by atoms with van der Waals surface area (Å²) in [6.45, 7) is 4.12. The monoisotopic (exact) mass is 373 g/mol. The lowest BCUT2D eigenvalue weighted by molar-refractivity contribution is -0.118.